The molecule has 138 valence electrons. The van der Waals surface area contributed by atoms with Crippen LogP contribution in [0.25, 0.3) is 21.9 Å². The fourth-order valence-electron chi connectivity index (χ4n) is 2.82. The van der Waals surface area contributed by atoms with Gasteiger partial charge in [-0.05, 0) is 25.1 Å². The first-order valence-corrected chi connectivity index (χ1v) is 8.66. The molecule has 0 aliphatic heterocycles. The zero-order chi connectivity index (χ0) is 19.7. The SMILES string of the molecule is [C-]#[N+]c1c(N)ncnc1N[C@@H](C)c1cc2ncc(Cl)n2nc1-c1ccccn1. The van der Waals surface area contributed by atoms with Crippen LogP contribution in [0.15, 0.2) is 43.0 Å². The van der Waals surface area contributed by atoms with Gasteiger partial charge in [-0.1, -0.05) is 17.7 Å². The molecule has 0 bridgehead atoms. The lowest BCUT2D eigenvalue weighted by atomic mass is 10.0. The maximum atomic E-state index is 7.34. The van der Waals surface area contributed by atoms with Gasteiger partial charge < -0.3 is 11.1 Å². The van der Waals surface area contributed by atoms with Gasteiger partial charge in [-0.3, -0.25) is 4.98 Å². The smallest absolute Gasteiger partial charge is 0.268 e. The molecule has 0 aromatic carbocycles. The number of rotatable bonds is 4. The summed E-state index contributed by atoms with van der Waals surface area (Å²) in [4.78, 5) is 20.1. The average Bonchev–Trinajstić information content (AvgIpc) is 3.08. The first-order valence-electron chi connectivity index (χ1n) is 8.28. The molecule has 1 atom stereocenters. The van der Waals surface area contributed by atoms with Crippen molar-refractivity contribution in [2.75, 3.05) is 11.1 Å². The van der Waals surface area contributed by atoms with Crippen LogP contribution < -0.4 is 11.1 Å². The Bertz CT molecular complexity index is 1200. The Labute approximate surface area is 165 Å². The van der Waals surface area contributed by atoms with Crippen molar-refractivity contribution < 1.29 is 0 Å². The molecule has 0 aliphatic rings. The molecule has 0 fully saturated rings. The molecular formula is C18H14ClN9. The zero-order valence-corrected chi connectivity index (χ0v) is 15.5. The number of pyridine rings is 1. The van der Waals surface area contributed by atoms with Crippen molar-refractivity contribution >= 4 is 34.6 Å². The third kappa shape index (κ3) is 3.06. The van der Waals surface area contributed by atoms with E-state index < -0.39 is 0 Å². The minimum atomic E-state index is -0.278. The highest BCUT2D eigenvalue weighted by atomic mass is 35.5. The van der Waals surface area contributed by atoms with Gasteiger partial charge in [0.1, 0.15) is 23.7 Å². The molecule has 4 rings (SSSR count). The second-order valence-electron chi connectivity index (χ2n) is 5.95. The molecular weight excluding hydrogens is 378 g/mol. The van der Waals surface area contributed by atoms with E-state index in [4.69, 9.17) is 23.9 Å². The van der Waals surface area contributed by atoms with Crippen molar-refractivity contribution in [3.8, 4) is 11.4 Å². The van der Waals surface area contributed by atoms with E-state index in [1.807, 2.05) is 31.2 Å². The van der Waals surface area contributed by atoms with Gasteiger partial charge in [0.15, 0.2) is 10.8 Å². The number of nitrogen functional groups attached to an aromatic ring is 1. The summed E-state index contributed by atoms with van der Waals surface area (Å²) < 4.78 is 1.55. The Balaban J connectivity index is 1.83. The first kappa shape index (κ1) is 17.6. The monoisotopic (exact) mass is 391 g/mol. The van der Waals surface area contributed by atoms with E-state index in [1.54, 1.807) is 10.7 Å². The number of anilines is 2. The van der Waals surface area contributed by atoms with Crippen LogP contribution in [0.3, 0.4) is 0 Å². The molecule has 0 aliphatic carbocycles. The molecule has 0 unspecified atom stereocenters. The molecule has 0 spiro atoms. The summed E-state index contributed by atoms with van der Waals surface area (Å²) in [6.07, 6.45) is 4.55. The van der Waals surface area contributed by atoms with E-state index in [-0.39, 0.29) is 17.5 Å². The second kappa shape index (κ2) is 7.09. The standard InChI is InChI=1S/C18H14ClN9/c1-10(26-18-16(21-2)17(20)24-9-25-18)11-7-14-23-8-13(19)28(14)27-15(11)12-5-3-4-6-22-12/h3-10H,1H3,(H3,20,24,25,26)/t10-/m0/s1. The third-order valence-corrected chi connectivity index (χ3v) is 4.43. The van der Waals surface area contributed by atoms with Crippen LogP contribution in [0, 0.1) is 6.57 Å². The maximum Gasteiger partial charge on any atom is 0.268 e. The molecule has 0 saturated carbocycles. The van der Waals surface area contributed by atoms with E-state index in [0.717, 1.165) is 5.56 Å². The molecule has 9 nitrogen and oxygen atoms in total. The molecule has 28 heavy (non-hydrogen) atoms. The lowest BCUT2D eigenvalue weighted by molar-refractivity contribution is 0.839. The van der Waals surface area contributed by atoms with Gasteiger partial charge in [-0.15, -0.1) is 0 Å². The molecule has 0 radical (unpaired) electrons. The summed E-state index contributed by atoms with van der Waals surface area (Å²) in [7, 11) is 0. The number of nitrogens with zero attached hydrogens (tertiary/aromatic N) is 7. The lowest BCUT2D eigenvalue weighted by Crippen LogP contribution is -2.12. The summed E-state index contributed by atoms with van der Waals surface area (Å²) in [5.74, 6) is 0.474. The predicted molar refractivity (Wildman–Crippen MR) is 106 cm³/mol. The minimum Gasteiger partial charge on any atom is -0.392 e. The normalized spacial score (nSPS) is 11.9. The van der Waals surface area contributed by atoms with Crippen molar-refractivity contribution in [1.29, 1.82) is 0 Å². The van der Waals surface area contributed by atoms with E-state index >= 15 is 0 Å². The Hall–Kier alpha value is -3.77. The fourth-order valence-corrected chi connectivity index (χ4v) is 3.00. The van der Waals surface area contributed by atoms with Crippen LogP contribution in [0.1, 0.15) is 18.5 Å². The third-order valence-electron chi connectivity index (χ3n) is 4.17. The molecule has 4 heterocycles. The topological polar surface area (TPSA) is 111 Å². The van der Waals surface area contributed by atoms with Crippen LogP contribution in [0.4, 0.5) is 17.3 Å². The summed E-state index contributed by atoms with van der Waals surface area (Å²) in [5.41, 5.74) is 8.70. The summed E-state index contributed by atoms with van der Waals surface area (Å²) in [6.45, 7) is 9.26. The van der Waals surface area contributed by atoms with Crippen LogP contribution in [-0.4, -0.2) is 29.5 Å². The highest BCUT2D eigenvalue weighted by Crippen LogP contribution is 2.33. The van der Waals surface area contributed by atoms with Gasteiger partial charge >= 0.3 is 0 Å². The van der Waals surface area contributed by atoms with E-state index in [9.17, 15) is 0 Å². The average molecular weight is 392 g/mol. The molecule has 3 N–H and O–H groups in total. The van der Waals surface area contributed by atoms with Crippen LogP contribution in [0.2, 0.25) is 5.15 Å². The van der Waals surface area contributed by atoms with Gasteiger partial charge in [-0.2, -0.15) is 5.10 Å². The van der Waals surface area contributed by atoms with Crippen LogP contribution in [0.5, 0.6) is 0 Å². The summed E-state index contributed by atoms with van der Waals surface area (Å²) in [6, 6.07) is 7.18. The van der Waals surface area contributed by atoms with Crippen molar-refractivity contribution in [3.63, 3.8) is 0 Å². The Morgan fingerprint density at radius 1 is 1.25 bits per heavy atom. The number of nitrogens with two attached hydrogens (primary N) is 1. The minimum absolute atomic E-state index is 0.123. The number of imidazole rings is 1. The molecule has 10 heteroatoms. The van der Waals surface area contributed by atoms with Gasteiger partial charge in [0.25, 0.3) is 5.69 Å². The predicted octanol–water partition coefficient (Wildman–Crippen LogP) is 3.54. The molecule has 0 saturated heterocycles. The molecule has 4 aromatic heterocycles. The first-order chi connectivity index (χ1) is 13.6. The second-order valence-corrected chi connectivity index (χ2v) is 6.34. The van der Waals surface area contributed by atoms with E-state index in [0.29, 0.717) is 28.0 Å². The zero-order valence-electron chi connectivity index (χ0n) is 14.7. The van der Waals surface area contributed by atoms with Crippen LogP contribution >= 0.6 is 11.6 Å². The fraction of sp³-hybridized carbons (Fsp3) is 0.111. The highest BCUT2D eigenvalue weighted by molar-refractivity contribution is 6.29. The number of hydrogen-bond donors (Lipinski definition) is 2. The Kier molecular flexibility index (Phi) is 4.47. The van der Waals surface area contributed by atoms with E-state index in [1.165, 1.54) is 12.5 Å². The van der Waals surface area contributed by atoms with Crippen molar-refractivity contribution in [1.82, 2.24) is 29.5 Å². The van der Waals surface area contributed by atoms with Gasteiger partial charge in [0.2, 0.25) is 0 Å². The van der Waals surface area contributed by atoms with Gasteiger partial charge in [0.05, 0.1) is 24.5 Å². The number of fused-ring (bicyclic) bond motifs is 1. The number of aromatic nitrogens is 6. The number of halogens is 1. The quantitative estimate of drug-likeness (QED) is 0.511. The Morgan fingerprint density at radius 2 is 2.11 bits per heavy atom. The molecule has 4 aromatic rings. The van der Waals surface area contributed by atoms with Crippen molar-refractivity contribution in [3.05, 3.63) is 65.1 Å². The summed E-state index contributed by atoms with van der Waals surface area (Å²) in [5, 5.41) is 8.25. The van der Waals surface area contributed by atoms with Crippen molar-refractivity contribution in [2.24, 2.45) is 0 Å². The number of hydrogen-bond acceptors (Lipinski definition) is 7. The Morgan fingerprint density at radius 3 is 2.86 bits per heavy atom. The van der Waals surface area contributed by atoms with E-state index in [2.05, 4.69) is 35.2 Å². The summed E-state index contributed by atoms with van der Waals surface area (Å²) >= 11 is 6.19. The van der Waals surface area contributed by atoms with Crippen molar-refractivity contribution in [2.45, 2.75) is 13.0 Å². The number of nitrogens with one attached hydrogen (secondary N) is 1. The highest BCUT2D eigenvalue weighted by Gasteiger charge is 2.20. The molecule has 0 amide bonds. The maximum absolute atomic E-state index is 7.34. The van der Waals surface area contributed by atoms with Crippen LogP contribution in [-0.2, 0) is 0 Å². The largest absolute Gasteiger partial charge is 0.392 e. The lowest BCUT2D eigenvalue weighted by Gasteiger charge is -2.19. The van der Waals surface area contributed by atoms with Gasteiger partial charge in [-0.25, -0.2) is 24.3 Å². The van der Waals surface area contributed by atoms with Gasteiger partial charge in [0, 0.05) is 11.8 Å².